The molecule has 0 bridgehead atoms. The van der Waals surface area contributed by atoms with Crippen LogP contribution in [0.5, 0.6) is 0 Å². The van der Waals surface area contributed by atoms with Crippen molar-refractivity contribution in [3.8, 4) is 22.3 Å². The monoisotopic (exact) mass is 1070 g/mol. The van der Waals surface area contributed by atoms with Crippen LogP contribution in [-0.4, -0.2) is 0 Å². The molecule has 0 atom stereocenters. The molecule has 0 heterocycles. The molecule has 11 aromatic rings. The number of benzene rings is 11. The predicted molar refractivity (Wildman–Crippen MR) is 351 cm³/mol. The predicted octanol–water partition coefficient (Wildman–Crippen LogP) is 24.2. The molecule has 0 radical (unpaired) electrons. The highest BCUT2D eigenvalue weighted by molar-refractivity contribution is 6.29. The van der Waals surface area contributed by atoms with Crippen molar-refractivity contribution >= 4 is 77.2 Å². The highest BCUT2D eigenvalue weighted by Gasteiger charge is 2.29. The molecule has 0 N–H and O–H groups in total. The van der Waals surface area contributed by atoms with Crippen molar-refractivity contribution in [2.45, 2.75) is 152 Å². The van der Waals surface area contributed by atoms with E-state index in [2.05, 4.69) is 216 Å². The van der Waals surface area contributed by atoms with Gasteiger partial charge in [-0.15, -0.1) is 0 Å². The molecule has 4 fully saturated rings. The summed E-state index contributed by atoms with van der Waals surface area (Å²) in [7, 11) is 0. The van der Waals surface area contributed by atoms with Crippen molar-refractivity contribution in [2.75, 3.05) is 9.80 Å². The third-order valence-corrected chi connectivity index (χ3v) is 20.4. The summed E-state index contributed by atoms with van der Waals surface area (Å²) >= 11 is 0. The molecule has 0 aliphatic heterocycles. The first kappa shape index (κ1) is 51.2. The first-order valence-corrected chi connectivity index (χ1v) is 32.0. The topological polar surface area (TPSA) is 6.48 Å². The van der Waals surface area contributed by atoms with Gasteiger partial charge in [-0.25, -0.2) is 0 Å². The van der Waals surface area contributed by atoms with Crippen molar-refractivity contribution < 1.29 is 0 Å². The number of para-hydroxylation sites is 2. The Kier molecular flexibility index (Phi) is 14.1. The van der Waals surface area contributed by atoms with Gasteiger partial charge in [0.15, 0.2) is 0 Å². The molecule has 2 heteroatoms. The molecule has 11 aromatic carbocycles. The Morgan fingerprint density at radius 3 is 1.20 bits per heavy atom. The van der Waals surface area contributed by atoms with Gasteiger partial charge in [0.25, 0.3) is 0 Å². The summed E-state index contributed by atoms with van der Waals surface area (Å²) in [6.07, 6.45) is 26.2. The van der Waals surface area contributed by atoms with Crippen molar-refractivity contribution in [3.05, 3.63) is 229 Å². The van der Waals surface area contributed by atoms with Gasteiger partial charge in [0.1, 0.15) is 0 Å². The van der Waals surface area contributed by atoms with Crippen molar-refractivity contribution in [3.63, 3.8) is 0 Å². The average Bonchev–Trinajstić information content (AvgIpc) is 3.01. The summed E-state index contributed by atoms with van der Waals surface area (Å²) in [5.41, 5.74) is 18.7. The normalized spacial score (nSPS) is 17.1. The molecular formula is C80H78N2. The van der Waals surface area contributed by atoms with Crippen LogP contribution in [0.3, 0.4) is 0 Å². The average molecular weight is 1070 g/mol. The molecule has 0 amide bonds. The van der Waals surface area contributed by atoms with E-state index in [9.17, 15) is 0 Å². The van der Waals surface area contributed by atoms with Crippen molar-refractivity contribution in [2.24, 2.45) is 0 Å². The zero-order chi connectivity index (χ0) is 54.3. The lowest BCUT2D eigenvalue weighted by Gasteiger charge is -2.30. The summed E-state index contributed by atoms with van der Waals surface area (Å²) in [5.74, 6) is 2.36. The molecule has 4 saturated carbocycles. The summed E-state index contributed by atoms with van der Waals surface area (Å²) in [6, 6.07) is 80.5. The van der Waals surface area contributed by atoms with Crippen molar-refractivity contribution in [1.29, 1.82) is 0 Å². The summed E-state index contributed by atoms with van der Waals surface area (Å²) < 4.78 is 0. The Bertz CT molecular complexity index is 4020. The van der Waals surface area contributed by atoms with Crippen LogP contribution in [-0.2, 0) is 0 Å². The van der Waals surface area contributed by atoms with Crippen LogP contribution in [0, 0.1) is 0 Å². The molecular weight excluding hydrogens is 989 g/mol. The van der Waals surface area contributed by atoms with Crippen LogP contribution in [0.15, 0.2) is 206 Å². The zero-order valence-electron chi connectivity index (χ0n) is 48.0. The smallest absolute Gasteiger partial charge is 0.0540 e. The number of hydrogen-bond donors (Lipinski definition) is 0. The van der Waals surface area contributed by atoms with Gasteiger partial charge in [-0.3, -0.25) is 0 Å². The molecule has 0 aromatic heterocycles. The van der Waals surface area contributed by atoms with Crippen LogP contribution in [0.1, 0.15) is 174 Å². The quantitative estimate of drug-likeness (QED) is 0.113. The highest BCUT2D eigenvalue weighted by atomic mass is 15.1. The second-order valence-corrected chi connectivity index (χ2v) is 25.2. The standard InChI is InChI=1S/C80H78N2/c1-7-23-55(24-8-1)60-31-21-37-65(51-60)81(62-33-15-5-16-34-62)64-43-41-59(42-44-64)75-53-74(57-27-11-3-12-28-57)70-47-48-73-77(54-76(58-29-13-4-14-30-58)72-46-45-71(75)79(70)80(72)73)68-49-50-78(69-40-20-19-39-67(68)69)82(63-35-17-6-18-36-63)66-38-22-32-61(52-66)56-25-9-2-10-26-56/h5-6,15-22,31-58H,1-4,7-14,23-30H2. The number of anilines is 6. The fourth-order valence-electron chi connectivity index (χ4n) is 16.3. The van der Waals surface area contributed by atoms with Crippen LogP contribution in [0.4, 0.5) is 34.1 Å². The second kappa shape index (κ2) is 22.6. The van der Waals surface area contributed by atoms with Gasteiger partial charge >= 0.3 is 0 Å². The van der Waals surface area contributed by atoms with E-state index in [-0.39, 0.29) is 0 Å². The lowest BCUT2D eigenvalue weighted by Crippen LogP contribution is -2.12. The van der Waals surface area contributed by atoms with E-state index in [0.29, 0.717) is 23.7 Å². The minimum absolute atomic E-state index is 0.536. The van der Waals surface area contributed by atoms with Gasteiger partial charge in [0.2, 0.25) is 0 Å². The Morgan fingerprint density at radius 1 is 0.244 bits per heavy atom. The Labute approximate surface area is 487 Å². The first-order valence-electron chi connectivity index (χ1n) is 32.0. The molecule has 408 valence electrons. The molecule has 0 spiro atoms. The first-order chi connectivity index (χ1) is 40.7. The van der Waals surface area contributed by atoms with E-state index < -0.39 is 0 Å². The van der Waals surface area contributed by atoms with Crippen LogP contribution >= 0.6 is 0 Å². The van der Waals surface area contributed by atoms with Crippen molar-refractivity contribution in [1.82, 2.24) is 0 Å². The van der Waals surface area contributed by atoms with E-state index in [4.69, 9.17) is 0 Å². The lowest BCUT2D eigenvalue weighted by atomic mass is 9.75. The van der Waals surface area contributed by atoms with Gasteiger partial charge in [-0.1, -0.05) is 204 Å². The number of rotatable bonds is 12. The maximum atomic E-state index is 2.67. The van der Waals surface area contributed by atoms with E-state index >= 15 is 0 Å². The van der Waals surface area contributed by atoms with Crippen LogP contribution in [0.25, 0.3) is 65.3 Å². The molecule has 2 nitrogen and oxygen atoms in total. The maximum absolute atomic E-state index is 2.67. The zero-order valence-corrected chi connectivity index (χ0v) is 48.0. The minimum Gasteiger partial charge on any atom is -0.310 e. The molecule has 15 rings (SSSR count). The second-order valence-electron chi connectivity index (χ2n) is 25.2. The van der Waals surface area contributed by atoms with Gasteiger partial charge in [-0.05, 0) is 236 Å². The molecule has 82 heavy (non-hydrogen) atoms. The Morgan fingerprint density at radius 2 is 0.659 bits per heavy atom. The summed E-state index contributed by atoms with van der Waals surface area (Å²) in [6.45, 7) is 0. The lowest BCUT2D eigenvalue weighted by molar-refractivity contribution is 0.443. The third kappa shape index (κ3) is 9.54. The molecule has 4 aliphatic rings. The number of hydrogen-bond acceptors (Lipinski definition) is 2. The molecule has 0 saturated heterocycles. The number of fused-ring (bicyclic) bond motifs is 1. The fraction of sp³-hybridized carbons (Fsp3) is 0.300. The summed E-state index contributed by atoms with van der Waals surface area (Å²) in [5, 5.41) is 11.2. The van der Waals surface area contributed by atoms with E-state index in [1.54, 1.807) is 11.1 Å². The van der Waals surface area contributed by atoms with E-state index in [0.717, 1.165) is 0 Å². The van der Waals surface area contributed by atoms with E-state index in [1.807, 2.05) is 0 Å². The van der Waals surface area contributed by atoms with Crippen LogP contribution < -0.4 is 9.80 Å². The maximum Gasteiger partial charge on any atom is 0.0540 e. The Balaban J connectivity index is 0.911. The summed E-state index contributed by atoms with van der Waals surface area (Å²) in [4.78, 5) is 5.01. The van der Waals surface area contributed by atoms with Gasteiger partial charge in [0.05, 0.1) is 5.69 Å². The van der Waals surface area contributed by atoms with Gasteiger partial charge in [0, 0.05) is 33.8 Å². The molecule has 4 aliphatic carbocycles. The fourth-order valence-corrected chi connectivity index (χ4v) is 16.3. The van der Waals surface area contributed by atoms with E-state index in [1.165, 1.54) is 239 Å². The molecule has 0 unspecified atom stereocenters. The van der Waals surface area contributed by atoms with Gasteiger partial charge < -0.3 is 9.80 Å². The van der Waals surface area contributed by atoms with Crippen LogP contribution in [0.2, 0.25) is 0 Å². The number of nitrogens with zero attached hydrogens (tertiary/aromatic N) is 2. The third-order valence-electron chi connectivity index (χ3n) is 20.4. The highest BCUT2D eigenvalue weighted by Crippen LogP contribution is 2.52. The SMILES string of the molecule is c1ccc(N(c2ccc(-c3cc(C4CCCCC4)c4ccc5c(-c6ccc(N(c7ccccc7)c7cccc(C8CCCCC8)c7)c7ccccc67)cc(C6CCCCC6)c6ccc3c4c56)cc2)c2cccc(C3CCCCC3)c2)cc1. The van der Waals surface area contributed by atoms with Gasteiger partial charge in [-0.2, -0.15) is 0 Å². The minimum atomic E-state index is 0.536. The largest absolute Gasteiger partial charge is 0.310 e. The Hall–Kier alpha value is -7.68.